The van der Waals surface area contributed by atoms with Crippen LogP contribution in [0.4, 0.5) is 0 Å². The van der Waals surface area contributed by atoms with E-state index in [1.165, 1.54) is 10.4 Å². The molecule has 2 saturated carbocycles. The van der Waals surface area contributed by atoms with Gasteiger partial charge in [-0.25, -0.2) is 4.79 Å². The summed E-state index contributed by atoms with van der Waals surface area (Å²) in [6, 6.07) is 0. The van der Waals surface area contributed by atoms with E-state index in [-0.39, 0.29) is 24.0 Å². The molecule has 7 rings (SSSR count). The number of aliphatic carboxylic acids is 1. The second kappa shape index (κ2) is 8.19. The largest absolute Gasteiger partial charge is 0.478 e. The molecule has 33 heavy (non-hydrogen) atoms. The van der Waals surface area contributed by atoms with Crippen LogP contribution in [-0.4, -0.2) is 27.0 Å². The highest BCUT2D eigenvalue weighted by atomic mass is 32.1. The van der Waals surface area contributed by atoms with E-state index >= 15 is 0 Å². The fourth-order valence-corrected chi connectivity index (χ4v) is 7.76. The van der Waals surface area contributed by atoms with E-state index < -0.39 is 5.97 Å². The Hall–Kier alpha value is -2.28. The molecule has 0 amide bonds. The number of Topliss-reactive ketones (excluding diaryl/α,β-unsaturated/α-hetero) is 1. The molecule has 0 aliphatic heterocycles. The summed E-state index contributed by atoms with van der Waals surface area (Å²) in [6.45, 7) is 2.24. The van der Waals surface area contributed by atoms with Crippen molar-refractivity contribution in [2.75, 3.05) is 0 Å². The van der Waals surface area contributed by atoms with Crippen molar-refractivity contribution in [2.24, 2.45) is 17.8 Å². The Kier molecular flexibility index (Phi) is 5.28. The van der Waals surface area contributed by atoms with Gasteiger partial charge in [0.05, 0.1) is 5.56 Å². The Morgan fingerprint density at radius 3 is 2.39 bits per heavy atom. The number of thiophene rings is 1. The number of allylic oxidation sites excluding steroid dienone is 1. The minimum absolute atomic E-state index is 0.0179. The molecule has 5 aliphatic rings. The number of carbonyl (C=O) groups is 2. The minimum atomic E-state index is -0.907. The Labute approximate surface area is 197 Å². The molecule has 0 saturated heterocycles. The van der Waals surface area contributed by atoms with Crippen LogP contribution in [0, 0.1) is 17.8 Å². The molecule has 2 aromatic rings. The van der Waals surface area contributed by atoms with Crippen LogP contribution in [0.2, 0.25) is 0 Å². The third-order valence-electron chi connectivity index (χ3n) is 8.30. The molecule has 1 N–H and O–H groups in total. The van der Waals surface area contributed by atoms with E-state index in [1.807, 2.05) is 0 Å². The number of hydrogen-bond donors (Lipinski definition) is 1. The maximum absolute atomic E-state index is 13.6. The Bertz CT molecular complexity index is 1150. The topological polar surface area (TPSA) is 93.3 Å². The number of aromatic nitrogens is 2. The van der Waals surface area contributed by atoms with Crippen molar-refractivity contribution in [1.29, 1.82) is 0 Å². The lowest BCUT2D eigenvalue weighted by Crippen LogP contribution is -2.34. The molecule has 2 fully saturated rings. The quantitative estimate of drug-likeness (QED) is 0.579. The fourth-order valence-electron chi connectivity index (χ4n) is 6.30. The van der Waals surface area contributed by atoms with E-state index in [0.717, 1.165) is 80.5 Å². The second-order valence-electron chi connectivity index (χ2n) is 10.3. The standard InChI is InChI=1S/C26H30N2O4S/c1-2-13-3-10-17-19(11-13)33-20(23(17)25-27-24(28-32-25)16-8-9-16)12-18(29)21-14-4-6-15(7-5-14)22(21)26(30)31/h13-16H,2-12H2,1H3,(H,30,31)/t13-,14?,15?/m0/s1. The number of carboxylic acids is 1. The van der Waals surface area contributed by atoms with Crippen molar-refractivity contribution < 1.29 is 19.2 Å². The maximum atomic E-state index is 13.6. The lowest BCUT2D eigenvalue weighted by Gasteiger charge is -2.38. The first-order chi connectivity index (χ1) is 16.0. The van der Waals surface area contributed by atoms with E-state index in [4.69, 9.17) is 9.51 Å². The van der Waals surface area contributed by atoms with E-state index in [1.54, 1.807) is 11.3 Å². The summed E-state index contributed by atoms with van der Waals surface area (Å²) in [4.78, 5) is 32.7. The van der Waals surface area contributed by atoms with Gasteiger partial charge in [-0.3, -0.25) is 4.79 Å². The summed E-state index contributed by atoms with van der Waals surface area (Å²) in [5, 5.41) is 14.1. The molecule has 5 aliphatic carbocycles. The lowest BCUT2D eigenvalue weighted by atomic mass is 9.65. The molecule has 0 spiro atoms. The van der Waals surface area contributed by atoms with Gasteiger partial charge >= 0.3 is 5.97 Å². The van der Waals surface area contributed by atoms with Crippen molar-refractivity contribution in [3.8, 4) is 11.5 Å². The number of hydrogen-bond acceptors (Lipinski definition) is 6. The molecule has 6 nitrogen and oxygen atoms in total. The first-order valence-electron chi connectivity index (χ1n) is 12.5. The van der Waals surface area contributed by atoms with Gasteiger partial charge in [-0.2, -0.15) is 4.98 Å². The normalized spacial score (nSPS) is 26.5. The molecule has 0 aromatic carbocycles. The highest BCUT2D eigenvalue weighted by Gasteiger charge is 2.41. The van der Waals surface area contributed by atoms with Gasteiger partial charge in [0, 0.05) is 33.2 Å². The summed E-state index contributed by atoms with van der Waals surface area (Å²) in [7, 11) is 0. The number of nitrogens with zero attached hydrogens (tertiary/aromatic N) is 2. The zero-order valence-corrected chi connectivity index (χ0v) is 19.9. The van der Waals surface area contributed by atoms with E-state index in [9.17, 15) is 14.7 Å². The molecule has 0 radical (unpaired) electrons. The average Bonchev–Trinajstić information content (AvgIpc) is 3.46. The summed E-state index contributed by atoms with van der Waals surface area (Å²) in [6.07, 6.45) is 10.4. The molecule has 1 atom stereocenters. The minimum Gasteiger partial charge on any atom is -0.478 e. The summed E-state index contributed by atoms with van der Waals surface area (Å²) >= 11 is 1.71. The van der Waals surface area contributed by atoms with Crippen LogP contribution in [0.1, 0.15) is 85.4 Å². The van der Waals surface area contributed by atoms with Crippen molar-refractivity contribution in [3.05, 3.63) is 32.3 Å². The van der Waals surface area contributed by atoms with Crippen molar-refractivity contribution in [1.82, 2.24) is 10.1 Å². The maximum Gasteiger partial charge on any atom is 0.332 e. The van der Waals surface area contributed by atoms with Crippen LogP contribution in [0.15, 0.2) is 15.7 Å². The lowest BCUT2D eigenvalue weighted by molar-refractivity contribution is -0.134. The molecular formula is C26H30N2O4S. The summed E-state index contributed by atoms with van der Waals surface area (Å²) < 4.78 is 5.73. The van der Waals surface area contributed by atoms with Crippen LogP contribution < -0.4 is 0 Å². The zero-order valence-electron chi connectivity index (χ0n) is 19.1. The highest BCUT2D eigenvalue weighted by Crippen LogP contribution is 2.48. The molecular weight excluding hydrogens is 436 g/mol. The predicted molar refractivity (Wildman–Crippen MR) is 124 cm³/mol. The zero-order chi connectivity index (χ0) is 22.7. The van der Waals surface area contributed by atoms with Crippen LogP contribution in [0.25, 0.3) is 11.5 Å². The van der Waals surface area contributed by atoms with Crippen LogP contribution in [-0.2, 0) is 28.9 Å². The van der Waals surface area contributed by atoms with Crippen molar-refractivity contribution >= 4 is 23.1 Å². The Balaban J connectivity index is 1.39. The van der Waals surface area contributed by atoms with Crippen molar-refractivity contribution in [2.45, 2.75) is 83.5 Å². The average molecular weight is 467 g/mol. The van der Waals surface area contributed by atoms with Gasteiger partial charge in [0.25, 0.3) is 5.89 Å². The first kappa shape index (κ1) is 21.3. The highest BCUT2D eigenvalue weighted by molar-refractivity contribution is 7.12. The number of fused-ring (bicyclic) bond motifs is 3. The SMILES string of the molecule is CC[C@H]1CCc2c(sc(CC(=O)C3=C(C(=O)O)C4CCC3CC4)c2-c2nc(C3CC3)no2)C1. The molecule has 0 unspecified atom stereocenters. The van der Waals surface area contributed by atoms with Gasteiger partial charge in [0.2, 0.25) is 0 Å². The summed E-state index contributed by atoms with van der Waals surface area (Å²) in [5.41, 5.74) is 3.23. The van der Waals surface area contributed by atoms with Crippen LogP contribution in [0.5, 0.6) is 0 Å². The van der Waals surface area contributed by atoms with Gasteiger partial charge < -0.3 is 9.63 Å². The molecule has 2 heterocycles. The Morgan fingerprint density at radius 2 is 1.73 bits per heavy atom. The van der Waals surface area contributed by atoms with Gasteiger partial charge in [-0.1, -0.05) is 18.5 Å². The molecule has 2 aromatic heterocycles. The molecule has 174 valence electrons. The number of carboxylic acid groups (broad SMARTS) is 1. The monoisotopic (exact) mass is 466 g/mol. The number of rotatable bonds is 7. The Morgan fingerprint density at radius 1 is 1.03 bits per heavy atom. The van der Waals surface area contributed by atoms with Gasteiger partial charge in [0.1, 0.15) is 0 Å². The predicted octanol–water partition coefficient (Wildman–Crippen LogP) is 5.50. The van der Waals surface area contributed by atoms with Crippen LogP contribution >= 0.6 is 11.3 Å². The van der Waals surface area contributed by atoms with Gasteiger partial charge in [-0.15, -0.1) is 11.3 Å². The first-order valence-corrected chi connectivity index (χ1v) is 13.3. The smallest absolute Gasteiger partial charge is 0.332 e. The van der Waals surface area contributed by atoms with E-state index in [0.29, 0.717) is 28.9 Å². The molecule has 2 bridgehead atoms. The molecule has 7 heteroatoms. The number of ketones is 1. The van der Waals surface area contributed by atoms with Gasteiger partial charge in [-0.05, 0) is 81.1 Å². The fraction of sp³-hybridized carbons (Fsp3) is 0.615. The number of carbonyl (C=O) groups excluding carboxylic acids is 1. The van der Waals surface area contributed by atoms with E-state index in [2.05, 4.69) is 12.1 Å². The summed E-state index contributed by atoms with van der Waals surface area (Å²) in [5.74, 6) is 1.62. The van der Waals surface area contributed by atoms with Crippen LogP contribution in [0.3, 0.4) is 0 Å². The van der Waals surface area contributed by atoms with Gasteiger partial charge in [0.15, 0.2) is 11.6 Å². The third kappa shape index (κ3) is 3.69. The third-order valence-corrected chi connectivity index (χ3v) is 9.56. The van der Waals surface area contributed by atoms with Crippen molar-refractivity contribution in [3.63, 3.8) is 0 Å². The second-order valence-corrected chi connectivity index (χ2v) is 11.5.